The van der Waals surface area contributed by atoms with Crippen LogP contribution in [0.2, 0.25) is 0 Å². The van der Waals surface area contributed by atoms with Gasteiger partial charge in [-0.2, -0.15) is 0 Å². The number of nitrogens with zero attached hydrogens (tertiary/aromatic N) is 1. The van der Waals surface area contributed by atoms with Crippen molar-refractivity contribution in [1.29, 1.82) is 0 Å². The number of carbonyl (C=O) groups excluding carboxylic acids is 1. The largest absolute Gasteiger partial charge is 0.382 e. The molecule has 0 saturated carbocycles. The molecule has 1 aromatic heterocycles. The van der Waals surface area contributed by atoms with Gasteiger partial charge >= 0.3 is 0 Å². The van der Waals surface area contributed by atoms with E-state index in [-0.39, 0.29) is 5.91 Å². The summed E-state index contributed by atoms with van der Waals surface area (Å²) in [7, 11) is 1.59. The summed E-state index contributed by atoms with van der Waals surface area (Å²) in [6.45, 7) is 2.55. The second-order valence-electron chi connectivity index (χ2n) is 5.68. The van der Waals surface area contributed by atoms with Crippen LogP contribution < -0.4 is 5.32 Å². The molecule has 3 rings (SSSR count). The Balaban J connectivity index is 1.72. The minimum atomic E-state index is -0.551. The molecule has 1 atom stereocenters. The number of carbonyl (C=O) groups is 1. The minimum absolute atomic E-state index is 0.196. The van der Waals surface area contributed by atoms with E-state index in [1.807, 2.05) is 48.5 Å². The summed E-state index contributed by atoms with van der Waals surface area (Å²) in [4.78, 5) is 20.1. The predicted molar refractivity (Wildman–Crippen MR) is 97.4 cm³/mol. The van der Waals surface area contributed by atoms with Crippen LogP contribution in [0.15, 0.2) is 48.5 Å². The highest BCUT2D eigenvalue weighted by molar-refractivity contribution is 5.94. The van der Waals surface area contributed by atoms with Crippen LogP contribution in [0.1, 0.15) is 6.92 Å². The van der Waals surface area contributed by atoms with Gasteiger partial charge in [0.15, 0.2) is 0 Å². The Morgan fingerprint density at radius 1 is 1.20 bits per heavy atom. The van der Waals surface area contributed by atoms with Crippen molar-refractivity contribution < 1.29 is 14.3 Å². The maximum Gasteiger partial charge on any atom is 0.253 e. The SMILES string of the molecule is COCCO[C@H](C)C(=O)Nc1cccc(-c2nc3ccccc3[nH]2)c1. The molecule has 3 aromatic rings. The molecule has 0 aliphatic heterocycles. The molecule has 0 aliphatic carbocycles. The monoisotopic (exact) mass is 339 g/mol. The lowest BCUT2D eigenvalue weighted by Crippen LogP contribution is -2.28. The van der Waals surface area contributed by atoms with Crippen LogP contribution >= 0.6 is 0 Å². The van der Waals surface area contributed by atoms with E-state index in [2.05, 4.69) is 15.3 Å². The number of hydrogen-bond acceptors (Lipinski definition) is 4. The van der Waals surface area contributed by atoms with E-state index in [0.29, 0.717) is 18.9 Å². The number of rotatable bonds is 7. The number of nitrogens with one attached hydrogen (secondary N) is 2. The summed E-state index contributed by atoms with van der Waals surface area (Å²) in [5.41, 5.74) is 3.49. The van der Waals surface area contributed by atoms with Gasteiger partial charge in [0.25, 0.3) is 5.91 Å². The lowest BCUT2D eigenvalue weighted by atomic mass is 10.2. The maximum absolute atomic E-state index is 12.2. The number of benzene rings is 2. The second kappa shape index (κ2) is 7.92. The first-order valence-corrected chi connectivity index (χ1v) is 8.14. The Morgan fingerprint density at radius 3 is 2.84 bits per heavy atom. The molecular formula is C19H21N3O3. The van der Waals surface area contributed by atoms with E-state index < -0.39 is 6.10 Å². The maximum atomic E-state index is 12.2. The zero-order valence-corrected chi connectivity index (χ0v) is 14.3. The first kappa shape index (κ1) is 17.1. The second-order valence-corrected chi connectivity index (χ2v) is 5.68. The number of para-hydroxylation sites is 2. The third-order valence-corrected chi connectivity index (χ3v) is 3.82. The van der Waals surface area contributed by atoms with E-state index in [1.54, 1.807) is 14.0 Å². The third-order valence-electron chi connectivity index (χ3n) is 3.82. The fourth-order valence-corrected chi connectivity index (χ4v) is 2.46. The highest BCUT2D eigenvalue weighted by atomic mass is 16.5. The highest BCUT2D eigenvalue weighted by Gasteiger charge is 2.14. The van der Waals surface area contributed by atoms with Gasteiger partial charge in [-0.25, -0.2) is 4.98 Å². The first-order chi connectivity index (χ1) is 12.2. The summed E-state index contributed by atoms with van der Waals surface area (Å²) in [5, 5.41) is 2.87. The van der Waals surface area contributed by atoms with Crippen LogP contribution in [-0.4, -0.2) is 42.3 Å². The van der Waals surface area contributed by atoms with Gasteiger partial charge in [-0.1, -0.05) is 24.3 Å². The Kier molecular flexibility index (Phi) is 5.42. The number of hydrogen-bond donors (Lipinski definition) is 2. The van der Waals surface area contributed by atoms with E-state index in [9.17, 15) is 4.79 Å². The first-order valence-electron chi connectivity index (χ1n) is 8.14. The van der Waals surface area contributed by atoms with Gasteiger partial charge in [-0.3, -0.25) is 4.79 Å². The molecule has 1 heterocycles. The number of H-pyrrole nitrogens is 1. The van der Waals surface area contributed by atoms with Gasteiger partial charge in [-0.05, 0) is 31.2 Å². The molecule has 6 heteroatoms. The van der Waals surface area contributed by atoms with E-state index >= 15 is 0 Å². The molecule has 0 saturated heterocycles. The Bertz CT molecular complexity index is 827. The van der Waals surface area contributed by atoms with Crippen molar-refractivity contribution in [2.75, 3.05) is 25.6 Å². The fourth-order valence-electron chi connectivity index (χ4n) is 2.46. The fraction of sp³-hybridized carbons (Fsp3) is 0.263. The Labute approximate surface area is 146 Å². The van der Waals surface area contributed by atoms with Crippen LogP contribution in [0, 0.1) is 0 Å². The van der Waals surface area contributed by atoms with Crippen LogP contribution in [0.4, 0.5) is 5.69 Å². The number of aromatic amines is 1. The molecule has 0 unspecified atom stereocenters. The molecule has 25 heavy (non-hydrogen) atoms. The van der Waals surface area contributed by atoms with Crippen molar-refractivity contribution >= 4 is 22.6 Å². The van der Waals surface area contributed by atoms with Gasteiger partial charge < -0.3 is 19.8 Å². The molecule has 0 radical (unpaired) electrons. The summed E-state index contributed by atoms with van der Waals surface area (Å²) in [6, 6.07) is 15.4. The number of fused-ring (bicyclic) bond motifs is 1. The van der Waals surface area contributed by atoms with Crippen molar-refractivity contribution in [3.05, 3.63) is 48.5 Å². The van der Waals surface area contributed by atoms with Gasteiger partial charge in [-0.15, -0.1) is 0 Å². The molecule has 0 fully saturated rings. The minimum Gasteiger partial charge on any atom is -0.382 e. The smallest absolute Gasteiger partial charge is 0.253 e. The van der Waals surface area contributed by atoms with Crippen molar-refractivity contribution in [2.45, 2.75) is 13.0 Å². The molecule has 2 N–H and O–H groups in total. The number of amides is 1. The quantitative estimate of drug-likeness (QED) is 0.648. The molecule has 0 spiro atoms. The summed E-state index contributed by atoms with van der Waals surface area (Å²) < 4.78 is 10.3. The Hall–Kier alpha value is -2.70. The average molecular weight is 339 g/mol. The van der Waals surface area contributed by atoms with E-state index in [1.165, 1.54) is 0 Å². The van der Waals surface area contributed by atoms with Crippen LogP contribution in [0.5, 0.6) is 0 Å². The zero-order chi connectivity index (χ0) is 17.6. The van der Waals surface area contributed by atoms with Crippen molar-refractivity contribution in [3.8, 4) is 11.4 Å². The van der Waals surface area contributed by atoms with Crippen molar-refractivity contribution in [2.24, 2.45) is 0 Å². The lowest BCUT2D eigenvalue weighted by molar-refractivity contribution is -0.127. The van der Waals surface area contributed by atoms with E-state index in [4.69, 9.17) is 9.47 Å². The molecule has 6 nitrogen and oxygen atoms in total. The standard InChI is InChI=1S/C19H21N3O3/c1-13(25-11-10-24-2)19(23)20-15-7-5-6-14(12-15)18-21-16-8-3-4-9-17(16)22-18/h3-9,12-13H,10-11H2,1-2H3,(H,20,23)(H,21,22)/t13-/m1/s1. The third kappa shape index (κ3) is 4.23. The number of anilines is 1. The molecule has 2 aromatic carbocycles. The topological polar surface area (TPSA) is 76.2 Å². The number of methoxy groups -OCH3 is 1. The number of imidazole rings is 1. The molecule has 1 amide bonds. The van der Waals surface area contributed by atoms with Gasteiger partial charge in [0.05, 0.1) is 24.2 Å². The van der Waals surface area contributed by atoms with Gasteiger partial charge in [0.1, 0.15) is 11.9 Å². The van der Waals surface area contributed by atoms with Crippen LogP contribution in [0.3, 0.4) is 0 Å². The van der Waals surface area contributed by atoms with E-state index in [0.717, 1.165) is 22.4 Å². The van der Waals surface area contributed by atoms with Gasteiger partial charge in [0, 0.05) is 18.4 Å². The summed E-state index contributed by atoms with van der Waals surface area (Å²) >= 11 is 0. The van der Waals surface area contributed by atoms with Crippen LogP contribution in [-0.2, 0) is 14.3 Å². The predicted octanol–water partition coefficient (Wildman–Crippen LogP) is 3.22. The summed E-state index contributed by atoms with van der Waals surface area (Å²) in [5.74, 6) is 0.569. The zero-order valence-electron chi connectivity index (χ0n) is 14.3. The van der Waals surface area contributed by atoms with Crippen molar-refractivity contribution in [1.82, 2.24) is 9.97 Å². The molecule has 0 bridgehead atoms. The highest BCUT2D eigenvalue weighted by Crippen LogP contribution is 2.23. The normalized spacial score (nSPS) is 12.2. The molecule has 0 aliphatic rings. The lowest BCUT2D eigenvalue weighted by Gasteiger charge is -2.13. The number of ether oxygens (including phenoxy) is 2. The number of aromatic nitrogens is 2. The molecule has 130 valence electrons. The van der Waals surface area contributed by atoms with Crippen molar-refractivity contribution in [3.63, 3.8) is 0 Å². The Morgan fingerprint density at radius 2 is 2.04 bits per heavy atom. The summed E-state index contributed by atoms with van der Waals surface area (Å²) in [6.07, 6.45) is -0.551. The molecular weight excluding hydrogens is 318 g/mol. The average Bonchev–Trinajstić information content (AvgIpc) is 3.06. The van der Waals surface area contributed by atoms with Crippen LogP contribution in [0.25, 0.3) is 22.4 Å². The van der Waals surface area contributed by atoms with Gasteiger partial charge in [0.2, 0.25) is 0 Å².